The number of rotatable bonds is 7. The van der Waals surface area contributed by atoms with Crippen LogP contribution in [0, 0.1) is 11.3 Å². The Kier molecular flexibility index (Phi) is 5.95. The van der Waals surface area contributed by atoms with Gasteiger partial charge in [0.15, 0.2) is 0 Å². The van der Waals surface area contributed by atoms with Crippen LogP contribution < -0.4 is 4.72 Å². The molecule has 1 aliphatic rings. The summed E-state index contributed by atoms with van der Waals surface area (Å²) in [7, 11) is -3.40. The largest absolute Gasteiger partial charge is 0.378 e. The molecule has 1 saturated heterocycles. The van der Waals surface area contributed by atoms with Crippen molar-refractivity contribution in [2.24, 2.45) is 0 Å². The van der Waals surface area contributed by atoms with Crippen LogP contribution in [0.5, 0.6) is 0 Å². The van der Waals surface area contributed by atoms with Crippen LogP contribution in [0.2, 0.25) is 0 Å². The highest BCUT2D eigenvalue weighted by Gasteiger charge is 2.19. The standard InChI is InChI=1S/C16H22N2O3S/c1-13(7-8-16-6-3-9-21-16)18-22(19,20)12-15-5-2-4-14(10-15)11-17/h2,4-5,10,13,16,18H,3,6-9,12H2,1H3/t13-,16+/m1/s1. The third kappa shape index (κ3) is 5.41. The van der Waals surface area contributed by atoms with E-state index in [2.05, 4.69) is 4.72 Å². The minimum absolute atomic E-state index is 0.104. The van der Waals surface area contributed by atoms with Gasteiger partial charge in [0.25, 0.3) is 0 Å². The highest BCUT2D eigenvalue weighted by atomic mass is 32.2. The van der Waals surface area contributed by atoms with Crippen molar-refractivity contribution < 1.29 is 13.2 Å². The third-order valence-electron chi connectivity index (χ3n) is 3.74. The Morgan fingerprint density at radius 1 is 1.50 bits per heavy atom. The van der Waals surface area contributed by atoms with Crippen molar-refractivity contribution in [2.45, 2.75) is 50.5 Å². The number of ether oxygens (including phenoxy) is 1. The number of sulfonamides is 1. The summed E-state index contributed by atoms with van der Waals surface area (Å²) < 4.78 is 32.6. The van der Waals surface area contributed by atoms with Gasteiger partial charge in [-0.1, -0.05) is 12.1 Å². The first-order valence-electron chi connectivity index (χ1n) is 7.59. The van der Waals surface area contributed by atoms with E-state index in [1.165, 1.54) is 0 Å². The van der Waals surface area contributed by atoms with Gasteiger partial charge in [-0.05, 0) is 50.3 Å². The average molecular weight is 322 g/mol. The van der Waals surface area contributed by atoms with Crippen molar-refractivity contribution in [3.8, 4) is 6.07 Å². The zero-order chi connectivity index (χ0) is 16.0. The van der Waals surface area contributed by atoms with Gasteiger partial charge in [-0.3, -0.25) is 0 Å². The SMILES string of the molecule is C[C@H](CC[C@@H]1CCCO1)NS(=O)(=O)Cc1cccc(C#N)c1. The smallest absolute Gasteiger partial charge is 0.216 e. The van der Waals surface area contributed by atoms with Gasteiger partial charge in [-0.25, -0.2) is 13.1 Å². The number of benzene rings is 1. The maximum absolute atomic E-state index is 12.2. The Bertz CT molecular complexity index is 631. The molecule has 2 rings (SSSR count). The van der Waals surface area contributed by atoms with E-state index in [1.807, 2.05) is 13.0 Å². The molecule has 1 aliphatic heterocycles. The van der Waals surface area contributed by atoms with E-state index in [0.717, 1.165) is 32.3 Å². The van der Waals surface area contributed by atoms with E-state index in [-0.39, 0.29) is 17.9 Å². The van der Waals surface area contributed by atoms with Gasteiger partial charge in [0.1, 0.15) is 0 Å². The van der Waals surface area contributed by atoms with E-state index in [9.17, 15) is 8.42 Å². The molecule has 1 N–H and O–H groups in total. The van der Waals surface area contributed by atoms with Crippen LogP contribution in [0.1, 0.15) is 43.7 Å². The van der Waals surface area contributed by atoms with Crippen LogP contribution in [0.4, 0.5) is 0 Å². The van der Waals surface area contributed by atoms with Crippen LogP contribution >= 0.6 is 0 Å². The molecule has 0 amide bonds. The minimum Gasteiger partial charge on any atom is -0.378 e. The lowest BCUT2D eigenvalue weighted by molar-refractivity contribution is 0.101. The second kappa shape index (κ2) is 7.73. The summed E-state index contributed by atoms with van der Waals surface area (Å²) in [6, 6.07) is 8.58. The molecular formula is C16H22N2O3S. The first-order chi connectivity index (χ1) is 10.5. The fraction of sp³-hybridized carbons (Fsp3) is 0.562. The van der Waals surface area contributed by atoms with Crippen LogP contribution in [-0.4, -0.2) is 27.2 Å². The van der Waals surface area contributed by atoms with E-state index in [0.29, 0.717) is 11.1 Å². The van der Waals surface area contributed by atoms with Crippen molar-refractivity contribution in [1.29, 1.82) is 5.26 Å². The van der Waals surface area contributed by atoms with Crippen LogP contribution in [0.15, 0.2) is 24.3 Å². The summed E-state index contributed by atoms with van der Waals surface area (Å²) in [5.41, 5.74) is 1.09. The van der Waals surface area contributed by atoms with Crippen molar-refractivity contribution >= 4 is 10.0 Å². The van der Waals surface area contributed by atoms with Crippen LogP contribution in [0.25, 0.3) is 0 Å². The average Bonchev–Trinajstić information content (AvgIpc) is 2.97. The van der Waals surface area contributed by atoms with Crippen molar-refractivity contribution in [3.63, 3.8) is 0 Å². The summed E-state index contributed by atoms with van der Waals surface area (Å²) in [5, 5.41) is 8.85. The first kappa shape index (κ1) is 16.9. The molecule has 1 aromatic rings. The van der Waals surface area contributed by atoms with Gasteiger partial charge < -0.3 is 4.74 Å². The molecule has 5 nitrogen and oxygen atoms in total. The summed E-state index contributed by atoms with van der Waals surface area (Å²) in [4.78, 5) is 0. The monoisotopic (exact) mass is 322 g/mol. The Hall–Kier alpha value is -1.42. The zero-order valence-corrected chi connectivity index (χ0v) is 13.6. The lowest BCUT2D eigenvalue weighted by Gasteiger charge is -2.16. The molecule has 0 aliphatic carbocycles. The molecule has 0 saturated carbocycles. The highest BCUT2D eigenvalue weighted by Crippen LogP contribution is 2.18. The van der Waals surface area contributed by atoms with E-state index in [1.54, 1.807) is 24.3 Å². The topological polar surface area (TPSA) is 79.2 Å². The van der Waals surface area contributed by atoms with Gasteiger partial charge in [-0.15, -0.1) is 0 Å². The molecule has 0 bridgehead atoms. The van der Waals surface area contributed by atoms with Crippen LogP contribution in [-0.2, 0) is 20.5 Å². The van der Waals surface area contributed by atoms with E-state index < -0.39 is 10.0 Å². The van der Waals surface area contributed by atoms with Crippen molar-refractivity contribution in [2.75, 3.05) is 6.61 Å². The maximum Gasteiger partial charge on any atom is 0.216 e. The van der Waals surface area contributed by atoms with E-state index >= 15 is 0 Å². The molecule has 1 aromatic carbocycles. The summed E-state index contributed by atoms with van der Waals surface area (Å²) in [5.74, 6) is -0.104. The molecule has 120 valence electrons. The Morgan fingerprint density at radius 2 is 2.32 bits per heavy atom. The molecule has 0 spiro atoms. The Labute approximate surface area is 132 Å². The molecule has 0 aromatic heterocycles. The number of nitrogens with zero attached hydrogens (tertiary/aromatic N) is 1. The predicted molar refractivity (Wildman–Crippen MR) is 84.6 cm³/mol. The molecular weight excluding hydrogens is 300 g/mol. The predicted octanol–water partition coefficient (Wildman–Crippen LogP) is 2.33. The fourth-order valence-electron chi connectivity index (χ4n) is 2.67. The van der Waals surface area contributed by atoms with E-state index in [4.69, 9.17) is 10.00 Å². The van der Waals surface area contributed by atoms with Gasteiger partial charge in [0.2, 0.25) is 10.0 Å². The van der Waals surface area contributed by atoms with Gasteiger partial charge in [-0.2, -0.15) is 5.26 Å². The minimum atomic E-state index is -3.40. The summed E-state index contributed by atoms with van der Waals surface area (Å²) in [6.07, 6.45) is 4.09. The first-order valence-corrected chi connectivity index (χ1v) is 9.24. The quantitative estimate of drug-likeness (QED) is 0.835. The van der Waals surface area contributed by atoms with Crippen LogP contribution in [0.3, 0.4) is 0 Å². The second-order valence-corrected chi connectivity index (χ2v) is 7.56. The van der Waals surface area contributed by atoms with Gasteiger partial charge in [0.05, 0.1) is 23.5 Å². The fourth-order valence-corrected chi connectivity index (χ4v) is 4.10. The Morgan fingerprint density at radius 3 is 3.00 bits per heavy atom. The van der Waals surface area contributed by atoms with Crippen molar-refractivity contribution in [1.82, 2.24) is 4.72 Å². The zero-order valence-electron chi connectivity index (χ0n) is 12.8. The molecule has 2 atom stereocenters. The van der Waals surface area contributed by atoms with Gasteiger partial charge >= 0.3 is 0 Å². The second-order valence-electron chi connectivity index (χ2n) is 5.80. The van der Waals surface area contributed by atoms with Crippen molar-refractivity contribution in [3.05, 3.63) is 35.4 Å². The third-order valence-corrected chi connectivity index (χ3v) is 5.21. The molecule has 0 radical (unpaired) electrons. The lowest BCUT2D eigenvalue weighted by Crippen LogP contribution is -2.34. The normalized spacial score (nSPS) is 19.7. The number of hydrogen-bond acceptors (Lipinski definition) is 4. The molecule has 6 heteroatoms. The summed E-state index contributed by atoms with van der Waals surface area (Å²) in [6.45, 7) is 2.69. The summed E-state index contributed by atoms with van der Waals surface area (Å²) >= 11 is 0. The molecule has 22 heavy (non-hydrogen) atoms. The maximum atomic E-state index is 12.2. The number of hydrogen-bond donors (Lipinski definition) is 1. The molecule has 1 fully saturated rings. The van der Waals surface area contributed by atoms with Gasteiger partial charge in [0, 0.05) is 12.6 Å². The lowest BCUT2D eigenvalue weighted by atomic mass is 10.1. The number of nitriles is 1. The molecule has 1 heterocycles. The molecule has 0 unspecified atom stereocenters. The number of nitrogens with one attached hydrogen (secondary N) is 1. The Balaban J connectivity index is 1.85. The highest BCUT2D eigenvalue weighted by molar-refractivity contribution is 7.88.